The van der Waals surface area contributed by atoms with Crippen molar-refractivity contribution in [2.45, 2.75) is 12.5 Å². The second kappa shape index (κ2) is 3.87. The number of aromatic amines is 1. The second-order valence-electron chi connectivity index (χ2n) is 2.53. The first-order valence-electron chi connectivity index (χ1n) is 3.48. The first kappa shape index (κ1) is 9.48. The second-order valence-corrected chi connectivity index (χ2v) is 3.45. The third kappa shape index (κ3) is 2.46. The first-order valence-corrected chi connectivity index (χ1v) is 4.27. The summed E-state index contributed by atoms with van der Waals surface area (Å²) < 4.78 is 0.790. The highest BCUT2D eigenvalue weighted by Gasteiger charge is 2.03. The zero-order chi connectivity index (χ0) is 9.14. The van der Waals surface area contributed by atoms with Crippen molar-refractivity contribution in [1.29, 1.82) is 0 Å². The summed E-state index contributed by atoms with van der Waals surface area (Å²) in [5.41, 5.74) is 0.354. The van der Waals surface area contributed by atoms with Crippen molar-refractivity contribution < 1.29 is 5.11 Å². The van der Waals surface area contributed by atoms with E-state index >= 15 is 0 Å². The molecule has 0 aliphatic carbocycles. The van der Waals surface area contributed by atoms with Gasteiger partial charge < -0.3 is 10.1 Å². The van der Waals surface area contributed by atoms with Gasteiger partial charge in [0.15, 0.2) is 0 Å². The van der Waals surface area contributed by atoms with Crippen LogP contribution < -0.4 is 5.56 Å². The largest absolute Gasteiger partial charge is 0.393 e. The molecule has 0 aliphatic rings. The van der Waals surface area contributed by atoms with E-state index in [4.69, 9.17) is 5.11 Å². The van der Waals surface area contributed by atoms with E-state index in [1.807, 2.05) is 0 Å². The number of hydrogen-bond acceptors (Lipinski definition) is 2. The predicted molar refractivity (Wildman–Crippen MR) is 49.8 cm³/mol. The lowest BCUT2D eigenvalue weighted by molar-refractivity contribution is 0.221. The van der Waals surface area contributed by atoms with Gasteiger partial charge in [-0.05, 0) is 28.9 Å². The molecule has 65 valence electrons. The minimum atomic E-state index is -0.736. The Morgan fingerprint density at radius 3 is 3.00 bits per heavy atom. The molecule has 0 unspecified atom stereocenters. The zero-order valence-electron chi connectivity index (χ0n) is 6.38. The van der Waals surface area contributed by atoms with Crippen LogP contribution in [0.5, 0.6) is 0 Å². The van der Waals surface area contributed by atoms with E-state index in [-0.39, 0.29) is 12.0 Å². The number of hydrogen-bond donors (Lipinski definition) is 2. The highest BCUT2D eigenvalue weighted by atomic mass is 79.9. The van der Waals surface area contributed by atoms with Crippen molar-refractivity contribution in [1.82, 2.24) is 4.98 Å². The van der Waals surface area contributed by atoms with Gasteiger partial charge in [0.2, 0.25) is 0 Å². The molecule has 12 heavy (non-hydrogen) atoms. The molecule has 1 atom stereocenters. The number of aliphatic hydroxyl groups is 1. The fourth-order valence-corrected chi connectivity index (χ4v) is 1.30. The number of rotatable bonds is 2. The Bertz CT molecular complexity index is 319. The molecule has 0 spiro atoms. The van der Waals surface area contributed by atoms with Crippen LogP contribution in [-0.2, 0) is 6.42 Å². The molecule has 0 aliphatic heterocycles. The first-order chi connectivity index (χ1) is 5.59. The molecular formula is C8H9BrNO2. The highest BCUT2D eigenvalue weighted by Crippen LogP contribution is 2.07. The van der Waals surface area contributed by atoms with E-state index in [9.17, 15) is 4.79 Å². The molecule has 1 heterocycles. The highest BCUT2D eigenvalue weighted by molar-refractivity contribution is 9.10. The summed E-state index contributed by atoms with van der Waals surface area (Å²) >= 11 is 3.21. The summed E-state index contributed by atoms with van der Waals surface area (Å²) in [5.74, 6) is 0. The molecule has 0 saturated carbocycles. The van der Waals surface area contributed by atoms with E-state index in [1.54, 1.807) is 12.3 Å². The number of halogens is 1. The van der Waals surface area contributed by atoms with Crippen molar-refractivity contribution in [3.63, 3.8) is 0 Å². The average molecular weight is 231 g/mol. The molecule has 0 bridgehead atoms. The Balaban J connectivity index is 2.98. The van der Waals surface area contributed by atoms with Crippen LogP contribution in [0.15, 0.2) is 21.5 Å². The Morgan fingerprint density at radius 2 is 2.42 bits per heavy atom. The number of nitrogens with one attached hydrogen (secondary N) is 1. The molecule has 1 radical (unpaired) electrons. The zero-order valence-corrected chi connectivity index (χ0v) is 7.97. The summed E-state index contributed by atoms with van der Waals surface area (Å²) in [6.45, 7) is 3.39. The Morgan fingerprint density at radius 1 is 1.75 bits per heavy atom. The lowest BCUT2D eigenvalue weighted by atomic mass is 10.1. The maximum Gasteiger partial charge on any atom is 0.251 e. The average Bonchev–Trinajstić information content (AvgIpc) is 1.96. The molecule has 4 heteroatoms. The predicted octanol–water partition coefficient (Wildman–Crippen LogP) is 0.875. The molecule has 1 aromatic rings. The van der Waals surface area contributed by atoms with Crippen molar-refractivity contribution in [2.24, 2.45) is 0 Å². The quantitative estimate of drug-likeness (QED) is 0.793. The van der Waals surface area contributed by atoms with Gasteiger partial charge in [-0.25, -0.2) is 0 Å². The van der Waals surface area contributed by atoms with Gasteiger partial charge in [-0.3, -0.25) is 4.79 Å². The minimum Gasteiger partial charge on any atom is -0.393 e. The van der Waals surface area contributed by atoms with Gasteiger partial charge in [-0.2, -0.15) is 0 Å². The SMILES string of the molecule is [CH2][C@H](O)Cc1cc(Br)c[nH]c1=O. The third-order valence-electron chi connectivity index (χ3n) is 1.40. The van der Waals surface area contributed by atoms with Gasteiger partial charge in [-0.1, -0.05) is 0 Å². The van der Waals surface area contributed by atoms with Crippen molar-refractivity contribution in [3.05, 3.63) is 39.6 Å². The van der Waals surface area contributed by atoms with Crippen LogP contribution in [0.3, 0.4) is 0 Å². The van der Waals surface area contributed by atoms with Crippen LogP contribution >= 0.6 is 15.9 Å². The standard InChI is InChI=1S/C8H9BrNO2/c1-5(11)2-6-3-7(9)4-10-8(6)12/h3-5,11H,1-2H2,(H,10,12)/t5-/m0/s1. The fraction of sp³-hybridized carbons (Fsp3) is 0.250. The van der Waals surface area contributed by atoms with Crippen LogP contribution in [-0.4, -0.2) is 16.2 Å². The van der Waals surface area contributed by atoms with E-state index in [0.29, 0.717) is 5.56 Å². The normalized spacial score (nSPS) is 12.9. The van der Waals surface area contributed by atoms with E-state index < -0.39 is 6.10 Å². The lowest BCUT2D eigenvalue weighted by Crippen LogP contribution is -2.16. The van der Waals surface area contributed by atoms with E-state index in [0.717, 1.165) is 4.47 Å². The summed E-state index contributed by atoms with van der Waals surface area (Å²) in [7, 11) is 0. The maximum atomic E-state index is 11.1. The number of pyridine rings is 1. The molecular weight excluding hydrogens is 222 g/mol. The molecule has 0 fully saturated rings. The number of aliphatic hydroxyl groups excluding tert-OH is 1. The van der Waals surface area contributed by atoms with E-state index in [2.05, 4.69) is 27.8 Å². The molecule has 2 N–H and O–H groups in total. The fourth-order valence-electron chi connectivity index (χ4n) is 0.906. The van der Waals surface area contributed by atoms with Gasteiger partial charge >= 0.3 is 0 Å². The Kier molecular flexibility index (Phi) is 3.05. The van der Waals surface area contributed by atoms with Gasteiger partial charge in [0, 0.05) is 22.7 Å². The number of aromatic nitrogens is 1. The molecule has 3 nitrogen and oxygen atoms in total. The molecule has 1 rings (SSSR count). The van der Waals surface area contributed by atoms with Gasteiger partial charge in [-0.15, -0.1) is 0 Å². The van der Waals surface area contributed by atoms with Crippen molar-refractivity contribution in [2.75, 3.05) is 0 Å². The van der Waals surface area contributed by atoms with Crippen molar-refractivity contribution in [3.8, 4) is 0 Å². The summed E-state index contributed by atoms with van der Waals surface area (Å²) in [6.07, 6.45) is 1.09. The van der Waals surface area contributed by atoms with Crippen LogP contribution in [0.25, 0.3) is 0 Å². The summed E-state index contributed by atoms with van der Waals surface area (Å²) in [6, 6.07) is 1.67. The van der Waals surface area contributed by atoms with Crippen LogP contribution in [0, 0.1) is 6.92 Å². The topological polar surface area (TPSA) is 53.1 Å². The Hall–Kier alpha value is -0.610. The van der Waals surface area contributed by atoms with Crippen LogP contribution in [0.1, 0.15) is 5.56 Å². The van der Waals surface area contributed by atoms with Gasteiger partial charge in [0.05, 0.1) is 6.10 Å². The molecule has 1 aromatic heterocycles. The van der Waals surface area contributed by atoms with Crippen molar-refractivity contribution >= 4 is 15.9 Å². The van der Waals surface area contributed by atoms with Gasteiger partial charge in [0.25, 0.3) is 5.56 Å². The molecule has 0 aromatic carbocycles. The Labute approximate surface area is 78.6 Å². The third-order valence-corrected chi connectivity index (χ3v) is 1.86. The monoisotopic (exact) mass is 230 g/mol. The molecule has 0 amide bonds. The smallest absolute Gasteiger partial charge is 0.251 e. The van der Waals surface area contributed by atoms with Gasteiger partial charge in [0.1, 0.15) is 0 Å². The van der Waals surface area contributed by atoms with E-state index in [1.165, 1.54) is 0 Å². The summed E-state index contributed by atoms with van der Waals surface area (Å²) in [5, 5.41) is 8.94. The molecule has 0 saturated heterocycles. The minimum absolute atomic E-state index is 0.180. The number of H-pyrrole nitrogens is 1. The van der Waals surface area contributed by atoms with Crippen LogP contribution in [0.4, 0.5) is 0 Å². The summed E-state index contributed by atoms with van der Waals surface area (Å²) in [4.78, 5) is 13.6. The lowest BCUT2D eigenvalue weighted by Gasteiger charge is -2.02. The maximum absolute atomic E-state index is 11.1. The van der Waals surface area contributed by atoms with Crippen LogP contribution in [0.2, 0.25) is 0 Å².